The van der Waals surface area contributed by atoms with Crippen LogP contribution in [0.1, 0.15) is 78.4 Å². The SMILES string of the molecule is CCC(=O)CSc1n(C(C)C)c(CC)c(CC)[n+]1C(C)C.[Cl-]. The highest BCUT2D eigenvalue weighted by atomic mass is 35.5. The largest absolute Gasteiger partial charge is 1.00 e. The molecular formula is C17H31ClN2OS. The lowest BCUT2D eigenvalue weighted by atomic mass is 10.2. The van der Waals surface area contributed by atoms with E-state index in [1.165, 1.54) is 16.5 Å². The molecule has 0 aliphatic rings. The zero-order valence-electron chi connectivity index (χ0n) is 15.1. The molecule has 0 unspecified atom stereocenters. The predicted octanol–water partition coefficient (Wildman–Crippen LogP) is 1.14. The van der Waals surface area contributed by atoms with Gasteiger partial charge in [0.2, 0.25) is 0 Å². The lowest BCUT2D eigenvalue weighted by molar-refractivity contribution is -0.757. The molecule has 0 aliphatic heterocycles. The third-order valence-electron chi connectivity index (χ3n) is 3.79. The van der Waals surface area contributed by atoms with Crippen LogP contribution in [-0.2, 0) is 17.6 Å². The van der Waals surface area contributed by atoms with Crippen molar-refractivity contribution in [3.63, 3.8) is 0 Å². The van der Waals surface area contributed by atoms with Crippen LogP contribution >= 0.6 is 11.8 Å². The van der Waals surface area contributed by atoms with Crippen molar-refractivity contribution in [2.45, 2.75) is 85.0 Å². The van der Waals surface area contributed by atoms with Crippen LogP contribution in [0.25, 0.3) is 0 Å². The molecule has 0 fully saturated rings. The molecular weight excluding hydrogens is 316 g/mol. The summed E-state index contributed by atoms with van der Waals surface area (Å²) in [6, 6.07) is 0.842. The number of carbonyl (C=O) groups is 1. The molecule has 0 spiro atoms. The second-order valence-electron chi connectivity index (χ2n) is 5.99. The molecule has 1 heterocycles. The van der Waals surface area contributed by atoms with Crippen LogP contribution in [0.3, 0.4) is 0 Å². The van der Waals surface area contributed by atoms with E-state index in [1.54, 1.807) is 11.8 Å². The van der Waals surface area contributed by atoms with Gasteiger partial charge in [-0.3, -0.25) is 4.79 Å². The molecule has 0 saturated carbocycles. The summed E-state index contributed by atoms with van der Waals surface area (Å²) in [4.78, 5) is 11.7. The number of Topliss-reactive ketones (excluding diaryl/α,β-unsaturated/α-hetero) is 1. The minimum Gasteiger partial charge on any atom is -1.00 e. The minimum atomic E-state index is 0. The van der Waals surface area contributed by atoms with Crippen molar-refractivity contribution in [3.8, 4) is 0 Å². The van der Waals surface area contributed by atoms with Gasteiger partial charge >= 0.3 is 5.16 Å². The third kappa shape index (κ3) is 4.51. The Hall–Kier alpha value is -0.480. The Bertz CT molecular complexity index is 462. The zero-order valence-corrected chi connectivity index (χ0v) is 16.6. The maximum atomic E-state index is 11.7. The van der Waals surface area contributed by atoms with Gasteiger partial charge in [0, 0.05) is 19.3 Å². The molecule has 0 atom stereocenters. The van der Waals surface area contributed by atoms with E-state index in [2.05, 4.69) is 50.7 Å². The van der Waals surface area contributed by atoms with Gasteiger partial charge in [0.25, 0.3) is 0 Å². The molecule has 128 valence electrons. The van der Waals surface area contributed by atoms with E-state index in [1.807, 2.05) is 6.92 Å². The van der Waals surface area contributed by atoms with Gasteiger partial charge in [-0.05, 0) is 39.5 Å². The second kappa shape index (κ2) is 9.61. The molecule has 0 aliphatic carbocycles. The van der Waals surface area contributed by atoms with Crippen LogP contribution in [0.15, 0.2) is 5.16 Å². The average Bonchev–Trinajstić information content (AvgIpc) is 2.77. The first kappa shape index (κ1) is 21.5. The second-order valence-corrected chi connectivity index (χ2v) is 6.93. The van der Waals surface area contributed by atoms with Gasteiger partial charge in [0.05, 0.1) is 17.8 Å². The molecule has 22 heavy (non-hydrogen) atoms. The Morgan fingerprint density at radius 1 is 1.14 bits per heavy atom. The summed E-state index contributed by atoms with van der Waals surface area (Å²) >= 11 is 1.71. The normalized spacial score (nSPS) is 11.1. The summed E-state index contributed by atoms with van der Waals surface area (Å²) in [5, 5.41) is 1.25. The molecule has 0 aromatic carbocycles. The number of ketones is 1. The Balaban J connectivity index is 0.00000441. The number of imidazole rings is 1. The number of hydrogen-bond acceptors (Lipinski definition) is 2. The Morgan fingerprint density at radius 2 is 1.73 bits per heavy atom. The summed E-state index contributed by atoms with van der Waals surface area (Å²) in [6.07, 6.45) is 2.70. The molecule has 0 bridgehead atoms. The van der Waals surface area contributed by atoms with Gasteiger partial charge in [-0.25, -0.2) is 9.13 Å². The first-order valence-electron chi connectivity index (χ1n) is 8.20. The highest BCUT2D eigenvalue weighted by molar-refractivity contribution is 7.99. The summed E-state index contributed by atoms with van der Waals surface area (Å²) in [5.41, 5.74) is 2.85. The highest BCUT2D eigenvalue weighted by Gasteiger charge is 2.32. The molecule has 1 aromatic heterocycles. The molecule has 1 rings (SSSR count). The molecule has 0 N–H and O–H groups in total. The third-order valence-corrected chi connectivity index (χ3v) is 4.90. The number of thioether (sulfide) groups is 1. The van der Waals surface area contributed by atoms with Crippen LogP contribution in [0, 0.1) is 0 Å². The fraction of sp³-hybridized carbons (Fsp3) is 0.765. The summed E-state index contributed by atoms with van der Waals surface area (Å²) in [5.74, 6) is 0.898. The van der Waals surface area contributed by atoms with Crippen molar-refractivity contribution < 1.29 is 21.8 Å². The van der Waals surface area contributed by atoms with Gasteiger partial charge in [0.15, 0.2) is 0 Å². The topological polar surface area (TPSA) is 25.9 Å². The lowest BCUT2D eigenvalue weighted by Gasteiger charge is -2.10. The van der Waals surface area contributed by atoms with Crippen LogP contribution in [0.4, 0.5) is 0 Å². The van der Waals surface area contributed by atoms with Crippen molar-refractivity contribution in [1.82, 2.24) is 4.57 Å². The van der Waals surface area contributed by atoms with Gasteiger partial charge in [-0.15, -0.1) is 0 Å². The molecule has 0 saturated heterocycles. The van der Waals surface area contributed by atoms with Crippen molar-refractivity contribution in [1.29, 1.82) is 0 Å². The van der Waals surface area contributed by atoms with Crippen molar-refractivity contribution >= 4 is 17.5 Å². The monoisotopic (exact) mass is 346 g/mol. The molecule has 3 nitrogen and oxygen atoms in total. The molecule has 0 amide bonds. The molecule has 0 radical (unpaired) electrons. The van der Waals surface area contributed by atoms with E-state index >= 15 is 0 Å². The fourth-order valence-electron chi connectivity index (χ4n) is 2.83. The predicted molar refractivity (Wildman–Crippen MR) is 90.2 cm³/mol. The number of nitrogens with zero attached hydrogens (tertiary/aromatic N) is 2. The van der Waals surface area contributed by atoms with E-state index in [0.29, 0.717) is 30.0 Å². The van der Waals surface area contributed by atoms with E-state index in [9.17, 15) is 4.79 Å². The van der Waals surface area contributed by atoms with Crippen molar-refractivity contribution in [2.24, 2.45) is 0 Å². The van der Waals surface area contributed by atoms with Crippen molar-refractivity contribution in [2.75, 3.05) is 5.75 Å². The standard InChI is InChI=1S/C17H31N2OS.ClH/c1-8-14(20)11-21-17-18(12(4)5)15(9-2)16(10-3)19(17)13(6)7;/h12-13H,8-11H2,1-7H3;1H/q+1;/p-1. The maximum absolute atomic E-state index is 11.7. The molecule has 1 aromatic rings. The van der Waals surface area contributed by atoms with Gasteiger partial charge < -0.3 is 12.4 Å². The zero-order chi connectivity index (χ0) is 16.2. The lowest BCUT2D eigenvalue weighted by Crippen LogP contribution is -3.00. The summed E-state index contributed by atoms with van der Waals surface area (Å²) in [7, 11) is 0. The molecule has 5 heteroatoms. The van der Waals surface area contributed by atoms with Crippen LogP contribution in [-0.4, -0.2) is 16.1 Å². The highest BCUT2D eigenvalue weighted by Crippen LogP contribution is 2.27. The Kier molecular flexibility index (Phi) is 9.40. The smallest absolute Gasteiger partial charge is 0.319 e. The average molecular weight is 347 g/mol. The Labute approximate surface area is 146 Å². The quantitative estimate of drug-likeness (QED) is 0.521. The van der Waals surface area contributed by atoms with E-state index in [-0.39, 0.29) is 12.4 Å². The van der Waals surface area contributed by atoms with Crippen LogP contribution < -0.4 is 17.0 Å². The van der Waals surface area contributed by atoms with Crippen molar-refractivity contribution in [3.05, 3.63) is 11.4 Å². The van der Waals surface area contributed by atoms with E-state index in [4.69, 9.17) is 0 Å². The van der Waals surface area contributed by atoms with E-state index in [0.717, 1.165) is 12.8 Å². The summed E-state index contributed by atoms with van der Waals surface area (Å²) in [6.45, 7) is 15.3. The van der Waals surface area contributed by atoms with Gasteiger partial charge in [-0.2, -0.15) is 0 Å². The summed E-state index contributed by atoms with van der Waals surface area (Å²) < 4.78 is 4.87. The first-order valence-corrected chi connectivity index (χ1v) is 9.19. The van der Waals surface area contributed by atoms with E-state index < -0.39 is 0 Å². The Morgan fingerprint density at radius 3 is 2.09 bits per heavy atom. The minimum absolute atomic E-state index is 0. The number of rotatable bonds is 8. The fourth-order valence-corrected chi connectivity index (χ4v) is 4.24. The van der Waals surface area contributed by atoms with Gasteiger partial charge in [-0.1, -0.05) is 20.8 Å². The first-order chi connectivity index (χ1) is 9.88. The van der Waals surface area contributed by atoms with Gasteiger partial charge in [0.1, 0.15) is 17.2 Å². The number of aromatic nitrogens is 2. The number of hydrogen-bond donors (Lipinski definition) is 0. The number of carbonyl (C=O) groups excluding carboxylic acids is 1. The van der Waals surface area contributed by atoms with Crippen LogP contribution in [0.5, 0.6) is 0 Å². The number of halogens is 1. The maximum Gasteiger partial charge on any atom is 0.319 e. The van der Waals surface area contributed by atoms with Crippen LogP contribution in [0.2, 0.25) is 0 Å².